The van der Waals surface area contributed by atoms with Crippen LogP contribution in [0.4, 0.5) is 0 Å². The highest BCUT2D eigenvalue weighted by atomic mass is 16.5. The molecule has 0 saturated carbocycles. The van der Waals surface area contributed by atoms with Crippen LogP contribution in [0.1, 0.15) is 45.1 Å². The van der Waals surface area contributed by atoms with Crippen LogP contribution < -0.4 is 5.32 Å². The van der Waals surface area contributed by atoms with Crippen molar-refractivity contribution in [3.8, 4) is 0 Å². The number of aliphatic carboxylic acids is 1. The zero-order valence-electron chi connectivity index (χ0n) is 14.5. The predicted molar refractivity (Wildman–Crippen MR) is 91.7 cm³/mol. The molecule has 5 heteroatoms. The zero-order valence-corrected chi connectivity index (χ0v) is 14.5. The number of aryl methyl sites for hydroxylation is 1. The molecule has 1 saturated heterocycles. The van der Waals surface area contributed by atoms with Gasteiger partial charge in [-0.1, -0.05) is 30.3 Å². The molecular formula is C19H27NO4. The Hall–Kier alpha value is -1.88. The summed E-state index contributed by atoms with van der Waals surface area (Å²) >= 11 is 0. The second kappa shape index (κ2) is 8.29. The average Bonchev–Trinajstić information content (AvgIpc) is 2.52. The van der Waals surface area contributed by atoms with Crippen LogP contribution in [0.5, 0.6) is 0 Å². The van der Waals surface area contributed by atoms with E-state index in [1.807, 2.05) is 44.2 Å². The summed E-state index contributed by atoms with van der Waals surface area (Å²) in [6.07, 6.45) is 2.51. The van der Waals surface area contributed by atoms with Crippen molar-refractivity contribution in [2.24, 2.45) is 5.92 Å². The van der Waals surface area contributed by atoms with Gasteiger partial charge in [0, 0.05) is 19.1 Å². The van der Waals surface area contributed by atoms with Gasteiger partial charge in [-0.2, -0.15) is 0 Å². The van der Waals surface area contributed by atoms with Crippen molar-refractivity contribution in [2.75, 3.05) is 6.61 Å². The molecule has 1 fully saturated rings. The summed E-state index contributed by atoms with van der Waals surface area (Å²) in [5.41, 5.74) is 0.837. The van der Waals surface area contributed by atoms with Crippen LogP contribution in [0.2, 0.25) is 0 Å². The highest BCUT2D eigenvalue weighted by Gasteiger charge is 2.35. The summed E-state index contributed by atoms with van der Waals surface area (Å²) in [7, 11) is 0. The largest absolute Gasteiger partial charge is 0.481 e. The Labute approximate surface area is 143 Å². The Balaban J connectivity index is 1.92. The molecule has 1 aliphatic heterocycles. The maximum atomic E-state index is 12.3. The minimum absolute atomic E-state index is 0.0438. The van der Waals surface area contributed by atoms with Gasteiger partial charge in [0.25, 0.3) is 0 Å². The summed E-state index contributed by atoms with van der Waals surface area (Å²) in [6.45, 7) is 4.62. The lowest BCUT2D eigenvalue weighted by atomic mass is 9.82. The maximum Gasteiger partial charge on any atom is 0.305 e. The number of rotatable bonds is 7. The highest BCUT2D eigenvalue weighted by molar-refractivity contribution is 5.77. The van der Waals surface area contributed by atoms with E-state index in [1.54, 1.807) is 0 Å². The van der Waals surface area contributed by atoms with E-state index in [0.29, 0.717) is 19.4 Å². The first-order chi connectivity index (χ1) is 11.4. The predicted octanol–water partition coefficient (Wildman–Crippen LogP) is 2.78. The third-order valence-electron chi connectivity index (χ3n) is 4.53. The molecule has 24 heavy (non-hydrogen) atoms. The van der Waals surface area contributed by atoms with Crippen LogP contribution in [-0.4, -0.2) is 35.2 Å². The number of benzene rings is 1. The molecule has 1 aliphatic rings. The summed E-state index contributed by atoms with van der Waals surface area (Å²) in [5, 5.41) is 12.1. The fourth-order valence-electron chi connectivity index (χ4n) is 3.33. The molecule has 1 heterocycles. The lowest BCUT2D eigenvalue weighted by molar-refractivity contribution is -0.139. The quantitative estimate of drug-likeness (QED) is 0.804. The van der Waals surface area contributed by atoms with Gasteiger partial charge in [-0.25, -0.2) is 0 Å². The molecule has 1 amide bonds. The van der Waals surface area contributed by atoms with E-state index in [4.69, 9.17) is 4.74 Å². The monoisotopic (exact) mass is 333 g/mol. The normalized spacial score (nSPS) is 21.0. The van der Waals surface area contributed by atoms with Gasteiger partial charge in [0.15, 0.2) is 0 Å². The Morgan fingerprint density at radius 1 is 1.33 bits per heavy atom. The van der Waals surface area contributed by atoms with Crippen molar-refractivity contribution >= 4 is 11.9 Å². The molecule has 132 valence electrons. The minimum atomic E-state index is -0.882. The van der Waals surface area contributed by atoms with Gasteiger partial charge in [-0.15, -0.1) is 0 Å². The fraction of sp³-hybridized carbons (Fsp3) is 0.579. The van der Waals surface area contributed by atoms with Crippen molar-refractivity contribution in [2.45, 2.75) is 57.6 Å². The molecular weight excluding hydrogens is 306 g/mol. The second-order valence-corrected chi connectivity index (χ2v) is 7.12. The third-order valence-corrected chi connectivity index (χ3v) is 4.53. The van der Waals surface area contributed by atoms with Crippen molar-refractivity contribution in [3.63, 3.8) is 0 Å². The first-order valence-corrected chi connectivity index (χ1v) is 8.55. The zero-order chi connectivity index (χ0) is 17.6. The van der Waals surface area contributed by atoms with Gasteiger partial charge in [0.05, 0.1) is 12.0 Å². The fourth-order valence-corrected chi connectivity index (χ4v) is 3.33. The number of amides is 1. The van der Waals surface area contributed by atoms with E-state index in [2.05, 4.69) is 5.32 Å². The summed E-state index contributed by atoms with van der Waals surface area (Å²) < 4.78 is 5.70. The van der Waals surface area contributed by atoms with E-state index in [9.17, 15) is 14.7 Å². The molecule has 0 spiro atoms. The number of nitrogens with one attached hydrogen (secondary N) is 1. The number of carboxylic acid groups (broad SMARTS) is 1. The van der Waals surface area contributed by atoms with E-state index in [0.717, 1.165) is 18.4 Å². The molecule has 2 N–H and O–H groups in total. The summed E-state index contributed by atoms with van der Waals surface area (Å²) in [5.74, 6) is -0.840. The maximum absolute atomic E-state index is 12.3. The lowest BCUT2D eigenvalue weighted by Gasteiger charge is -2.39. The van der Waals surface area contributed by atoms with E-state index >= 15 is 0 Å². The molecule has 2 atom stereocenters. The average molecular weight is 333 g/mol. The number of hydrogen-bond acceptors (Lipinski definition) is 3. The molecule has 2 unspecified atom stereocenters. The minimum Gasteiger partial charge on any atom is -0.481 e. The first kappa shape index (κ1) is 18.5. The second-order valence-electron chi connectivity index (χ2n) is 7.12. The molecule has 1 aromatic carbocycles. The van der Waals surface area contributed by atoms with Crippen LogP contribution in [-0.2, 0) is 20.7 Å². The number of carboxylic acids is 1. The number of ether oxygens (including phenoxy) is 1. The molecule has 0 radical (unpaired) electrons. The van der Waals surface area contributed by atoms with E-state index < -0.39 is 5.97 Å². The molecule has 2 rings (SSSR count). The Kier molecular flexibility index (Phi) is 6.37. The van der Waals surface area contributed by atoms with Crippen LogP contribution in [0.3, 0.4) is 0 Å². The molecule has 5 nitrogen and oxygen atoms in total. The van der Waals surface area contributed by atoms with Gasteiger partial charge in [0.1, 0.15) is 0 Å². The molecule has 0 aliphatic carbocycles. The summed E-state index contributed by atoms with van der Waals surface area (Å²) in [6, 6.07) is 9.48. The third kappa shape index (κ3) is 5.96. The van der Waals surface area contributed by atoms with Gasteiger partial charge in [0.2, 0.25) is 5.91 Å². The topological polar surface area (TPSA) is 75.6 Å². The standard InChI is InChI=1S/C19H27NO4/c1-19(2)13-15(10-11-24-19)16(12-18(22)23)20-17(21)9-8-14-6-4-3-5-7-14/h3-7,15-16H,8-13H2,1-2H3,(H,20,21)(H,22,23). The van der Waals surface area contributed by atoms with Gasteiger partial charge in [-0.05, 0) is 44.6 Å². The Bertz CT molecular complexity index is 556. The highest BCUT2D eigenvalue weighted by Crippen LogP contribution is 2.31. The van der Waals surface area contributed by atoms with Crippen molar-refractivity contribution in [1.29, 1.82) is 0 Å². The SMILES string of the molecule is CC1(C)CC(C(CC(=O)O)NC(=O)CCc2ccccc2)CCO1. The molecule has 0 aromatic heterocycles. The summed E-state index contributed by atoms with van der Waals surface area (Å²) in [4.78, 5) is 23.5. The smallest absolute Gasteiger partial charge is 0.305 e. The Morgan fingerprint density at radius 3 is 2.67 bits per heavy atom. The molecule has 1 aromatic rings. The van der Waals surface area contributed by atoms with Crippen molar-refractivity contribution in [1.82, 2.24) is 5.32 Å². The number of hydrogen-bond donors (Lipinski definition) is 2. The van der Waals surface area contributed by atoms with Crippen LogP contribution in [0.25, 0.3) is 0 Å². The van der Waals surface area contributed by atoms with Crippen LogP contribution in [0.15, 0.2) is 30.3 Å². The van der Waals surface area contributed by atoms with Gasteiger partial charge in [-0.3, -0.25) is 9.59 Å². The van der Waals surface area contributed by atoms with Gasteiger partial charge >= 0.3 is 5.97 Å². The van der Waals surface area contributed by atoms with Crippen molar-refractivity contribution < 1.29 is 19.4 Å². The first-order valence-electron chi connectivity index (χ1n) is 8.55. The van der Waals surface area contributed by atoms with Crippen LogP contribution >= 0.6 is 0 Å². The number of carbonyl (C=O) groups is 2. The Morgan fingerprint density at radius 2 is 2.04 bits per heavy atom. The van der Waals surface area contributed by atoms with E-state index in [-0.39, 0.29) is 29.9 Å². The van der Waals surface area contributed by atoms with Crippen LogP contribution in [0, 0.1) is 5.92 Å². The lowest BCUT2D eigenvalue weighted by Crippen LogP contribution is -2.47. The molecule has 0 bridgehead atoms. The van der Waals surface area contributed by atoms with Gasteiger partial charge < -0.3 is 15.2 Å². The van der Waals surface area contributed by atoms with E-state index in [1.165, 1.54) is 0 Å². The number of carbonyl (C=O) groups excluding carboxylic acids is 1. The van der Waals surface area contributed by atoms with Crippen molar-refractivity contribution in [3.05, 3.63) is 35.9 Å².